The van der Waals surface area contributed by atoms with Crippen molar-refractivity contribution >= 4 is 6.03 Å². The van der Waals surface area contributed by atoms with E-state index in [1.54, 1.807) is 13.4 Å². The third kappa shape index (κ3) is 3.29. The van der Waals surface area contributed by atoms with E-state index in [2.05, 4.69) is 5.32 Å². The van der Waals surface area contributed by atoms with Crippen molar-refractivity contribution in [3.8, 4) is 0 Å². The molecule has 1 aromatic heterocycles. The standard InChI is InChI=1S/C17H26N2O3/c1-12(15-8-5-11-22-15)19(13-9-10-13)17(20)18-14-6-3-4-7-16(14)21-2/h5,8,11-14,16H,3-4,6-7,9-10H2,1-2H3,(H,18,20). The molecule has 1 N–H and O–H groups in total. The number of carbonyl (C=O) groups is 1. The Morgan fingerprint density at radius 1 is 1.36 bits per heavy atom. The van der Waals surface area contributed by atoms with E-state index in [-0.39, 0.29) is 24.2 Å². The molecule has 0 aliphatic heterocycles. The SMILES string of the molecule is COC1CCCCC1NC(=O)N(C1CC1)C(C)c1ccco1. The van der Waals surface area contributed by atoms with Crippen molar-refractivity contribution in [1.82, 2.24) is 10.2 Å². The smallest absolute Gasteiger partial charge is 0.318 e. The average molecular weight is 306 g/mol. The number of carbonyl (C=O) groups excluding carboxylic acids is 1. The molecule has 0 aromatic carbocycles. The maximum Gasteiger partial charge on any atom is 0.318 e. The van der Waals surface area contributed by atoms with E-state index >= 15 is 0 Å². The lowest BCUT2D eigenvalue weighted by molar-refractivity contribution is 0.0417. The van der Waals surface area contributed by atoms with E-state index in [9.17, 15) is 4.79 Å². The molecule has 2 amide bonds. The van der Waals surface area contributed by atoms with E-state index in [4.69, 9.17) is 9.15 Å². The predicted octanol–water partition coefficient (Wildman–Crippen LogP) is 3.47. The minimum Gasteiger partial charge on any atom is -0.467 e. The fourth-order valence-corrected chi connectivity index (χ4v) is 3.45. The van der Waals surface area contributed by atoms with Gasteiger partial charge in [-0.25, -0.2) is 4.79 Å². The molecule has 2 saturated carbocycles. The van der Waals surface area contributed by atoms with Crippen LogP contribution in [0.25, 0.3) is 0 Å². The van der Waals surface area contributed by atoms with Crippen molar-refractivity contribution in [1.29, 1.82) is 0 Å². The molecule has 3 rings (SSSR count). The highest BCUT2D eigenvalue weighted by Crippen LogP contribution is 2.34. The molecule has 1 aromatic rings. The van der Waals surface area contributed by atoms with Gasteiger partial charge in [-0.1, -0.05) is 12.8 Å². The van der Waals surface area contributed by atoms with Gasteiger partial charge in [0, 0.05) is 13.2 Å². The summed E-state index contributed by atoms with van der Waals surface area (Å²) in [7, 11) is 1.74. The Morgan fingerprint density at radius 2 is 2.14 bits per heavy atom. The second-order valence-corrected chi connectivity index (χ2v) is 6.44. The molecule has 2 fully saturated rings. The number of methoxy groups -OCH3 is 1. The van der Waals surface area contributed by atoms with Gasteiger partial charge >= 0.3 is 6.03 Å². The lowest BCUT2D eigenvalue weighted by atomic mass is 9.92. The average Bonchev–Trinajstić information content (AvgIpc) is 3.19. The molecular weight excluding hydrogens is 280 g/mol. The van der Waals surface area contributed by atoms with Gasteiger partial charge in [0.15, 0.2) is 0 Å². The third-order valence-electron chi connectivity index (χ3n) is 4.86. The predicted molar refractivity (Wildman–Crippen MR) is 83.6 cm³/mol. The first-order valence-corrected chi connectivity index (χ1v) is 8.35. The van der Waals surface area contributed by atoms with Crippen LogP contribution in [0, 0.1) is 0 Å². The summed E-state index contributed by atoms with van der Waals surface area (Å²) in [6, 6.07) is 4.25. The van der Waals surface area contributed by atoms with Gasteiger partial charge in [-0.15, -0.1) is 0 Å². The molecule has 1 heterocycles. The van der Waals surface area contributed by atoms with Crippen LogP contribution >= 0.6 is 0 Å². The van der Waals surface area contributed by atoms with Crippen LogP contribution in [-0.4, -0.2) is 36.2 Å². The molecule has 3 unspecified atom stereocenters. The molecule has 0 bridgehead atoms. The summed E-state index contributed by atoms with van der Waals surface area (Å²) in [5.74, 6) is 0.842. The second-order valence-electron chi connectivity index (χ2n) is 6.44. The summed E-state index contributed by atoms with van der Waals surface area (Å²) in [6.45, 7) is 2.03. The minimum absolute atomic E-state index is 0.0142. The highest BCUT2D eigenvalue weighted by molar-refractivity contribution is 5.75. The van der Waals surface area contributed by atoms with E-state index in [0.717, 1.165) is 37.9 Å². The van der Waals surface area contributed by atoms with Crippen LogP contribution in [0.2, 0.25) is 0 Å². The van der Waals surface area contributed by atoms with Gasteiger partial charge in [0.25, 0.3) is 0 Å². The summed E-state index contributed by atoms with van der Waals surface area (Å²) < 4.78 is 11.0. The summed E-state index contributed by atoms with van der Waals surface area (Å²) in [6.07, 6.45) is 8.32. The Morgan fingerprint density at radius 3 is 2.77 bits per heavy atom. The second kappa shape index (κ2) is 6.73. The Kier molecular flexibility index (Phi) is 4.71. The molecule has 0 saturated heterocycles. The van der Waals surface area contributed by atoms with Crippen LogP contribution in [0.4, 0.5) is 4.79 Å². The number of urea groups is 1. The Labute approximate surface area is 132 Å². The number of furan rings is 1. The maximum atomic E-state index is 12.8. The molecule has 0 radical (unpaired) electrons. The molecule has 3 atom stereocenters. The summed E-state index contributed by atoms with van der Waals surface area (Å²) in [5.41, 5.74) is 0. The van der Waals surface area contributed by atoms with Crippen molar-refractivity contribution in [3.63, 3.8) is 0 Å². The fourth-order valence-electron chi connectivity index (χ4n) is 3.45. The van der Waals surface area contributed by atoms with Crippen molar-refractivity contribution < 1.29 is 13.9 Å². The zero-order valence-corrected chi connectivity index (χ0v) is 13.5. The topological polar surface area (TPSA) is 54.7 Å². The molecule has 5 heteroatoms. The first-order chi connectivity index (χ1) is 10.7. The number of nitrogens with zero attached hydrogens (tertiary/aromatic N) is 1. The molecule has 122 valence electrons. The van der Waals surface area contributed by atoms with Crippen molar-refractivity contribution in [2.24, 2.45) is 0 Å². The Bertz CT molecular complexity index is 484. The van der Waals surface area contributed by atoms with E-state index in [1.165, 1.54) is 6.42 Å². The van der Waals surface area contributed by atoms with Crippen LogP contribution in [-0.2, 0) is 4.74 Å². The van der Waals surface area contributed by atoms with Crippen molar-refractivity contribution in [2.45, 2.75) is 69.7 Å². The number of rotatable bonds is 5. The van der Waals surface area contributed by atoms with Gasteiger partial charge in [0.2, 0.25) is 0 Å². The Hall–Kier alpha value is -1.49. The highest BCUT2D eigenvalue weighted by Gasteiger charge is 2.38. The van der Waals surface area contributed by atoms with Crippen LogP contribution < -0.4 is 5.32 Å². The summed E-state index contributed by atoms with van der Waals surface area (Å²) in [4.78, 5) is 14.8. The van der Waals surface area contributed by atoms with Gasteiger partial charge in [-0.3, -0.25) is 0 Å². The Balaban J connectivity index is 1.67. The van der Waals surface area contributed by atoms with Crippen LogP contribution in [0.15, 0.2) is 22.8 Å². The van der Waals surface area contributed by atoms with Crippen LogP contribution in [0.1, 0.15) is 57.3 Å². The number of hydrogen-bond acceptors (Lipinski definition) is 3. The monoisotopic (exact) mass is 306 g/mol. The van der Waals surface area contributed by atoms with Crippen molar-refractivity contribution in [3.05, 3.63) is 24.2 Å². The number of nitrogens with one attached hydrogen (secondary N) is 1. The van der Waals surface area contributed by atoms with Crippen LogP contribution in [0.5, 0.6) is 0 Å². The molecule has 5 nitrogen and oxygen atoms in total. The zero-order chi connectivity index (χ0) is 15.5. The number of hydrogen-bond donors (Lipinski definition) is 1. The maximum absolute atomic E-state index is 12.8. The number of amides is 2. The van der Waals surface area contributed by atoms with Crippen LogP contribution in [0.3, 0.4) is 0 Å². The lowest BCUT2D eigenvalue weighted by Crippen LogP contribution is -2.52. The number of ether oxygens (including phenoxy) is 1. The van der Waals surface area contributed by atoms with E-state index < -0.39 is 0 Å². The summed E-state index contributed by atoms with van der Waals surface area (Å²) in [5, 5.41) is 3.20. The van der Waals surface area contributed by atoms with Crippen molar-refractivity contribution in [2.75, 3.05) is 7.11 Å². The fraction of sp³-hybridized carbons (Fsp3) is 0.706. The van der Waals surface area contributed by atoms with Gasteiger partial charge in [-0.2, -0.15) is 0 Å². The third-order valence-corrected chi connectivity index (χ3v) is 4.86. The van der Waals surface area contributed by atoms with E-state index in [1.807, 2.05) is 24.0 Å². The minimum atomic E-state index is -0.0351. The lowest BCUT2D eigenvalue weighted by Gasteiger charge is -2.35. The summed E-state index contributed by atoms with van der Waals surface area (Å²) >= 11 is 0. The van der Waals surface area contributed by atoms with E-state index in [0.29, 0.717) is 6.04 Å². The van der Waals surface area contributed by atoms with Gasteiger partial charge < -0.3 is 19.4 Å². The highest BCUT2D eigenvalue weighted by atomic mass is 16.5. The van der Waals surface area contributed by atoms with Gasteiger partial charge in [-0.05, 0) is 44.7 Å². The molecule has 2 aliphatic rings. The van der Waals surface area contributed by atoms with Gasteiger partial charge in [0.1, 0.15) is 5.76 Å². The zero-order valence-electron chi connectivity index (χ0n) is 13.5. The largest absolute Gasteiger partial charge is 0.467 e. The quantitative estimate of drug-likeness (QED) is 0.906. The normalized spacial score (nSPS) is 26.5. The molecule has 0 spiro atoms. The molecule has 22 heavy (non-hydrogen) atoms. The molecule has 2 aliphatic carbocycles. The first kappa shape index (κ1) is 15.4. The van der Waals surface area contributed by atoms with Gasteiger partial charge in [0.05, 0.1) is 24.5 Å². The molecular formula is C17H26N2O3. The first-order valence-electron chi connectivity index (χ1n) is 8.35.